The molecule has 1 fully saturated rings. The Hall–Kier alpha value is -1.13. The van der Waals surface area contributed by atoms with Crippen LogP contribution in [-0.2, 0) is 4.74 Å². The van der Waals surface area contributed by atoms with Crippen LogP contribution in [0.2, 0.25) is 0 Å². The van der Waals surface area contributed by atoms with Gasteiger partial charge in [-0.05, 0) is 37.8 Å². The van der Waals surface area contributed by atoms with E-state index in [1.807, 2.05) is 20.0 Å². The minimum Gasteiger partial charge on any atom is -0.381 e. The van der Waals surface area contributed by atoms with Gasteiger partial charge >= 0.3 is 0 Å². The van der Waals surface area contributed by atoms with Crippen LogP contribution >= 0.6 is 0 Å². The summed E-state index contributed by atoms with van der Waals surface area (Å²) in [5, 5.41) is 0. The zero-order valence-corrected chi connectivity index (χ0v) is 11.7. The smallest absolute Gasteiger partial charge is 0.130 e. The summed E-state index contributed by atoms with van der Waals surface area (Å²) in [6, 6.07) is 4.87. The van der Waals surface area contributed by atoms with Crippen molar-refractivity contribution < 1.29 is 9.13 Å². The first-order chi connectivity index (χ1) is 9.09. The SMILES string of the molecule is CC(N)c1c(F)cccc1N(C)CC1CCOCC1. The molecular formula is C15H23FN2O. The average Bonchev–Trinajstić information content (AvgIpc) is 2.39. The quantitative estimate of drug-likeness (QED) is 0.910. The molecule has 0 aromatic heterocycles. The number of hydrogen-bond acceptors (Lipinski definition) is 3. The molecule has 1 aliphatic heterocycles. The summed E-state index contributed by atoms with van der Waals surface area (Å²) >= 11 is 0. The second-order valence-corrected chi connectivity index (χ2v) is 5.40. The molecule has 4 heteroatoms. The van der Waals surface area contributed by atoms with E-state index < -0.39 is 0 Å². The second-order valence-electron chi connectivity index (χ2n) is 5.40. The van der Waals surface area contributed by atoms with Crippen molar-refractivity contribution in [3.05, 3.63) is 29.6 Å². The van der Waals surface area contributed by atoms with E-state index in [0.29, 0.717) is 11.5 Å². The molecule has 1 atom stereocenters. The van der Waals surface area contributed by atoms with Crippen LogP contribution in [-0.4, -0.2) is 26.8 Å². The van der Waals surface area contributed by atoms with E-state index in [4.69, 9.17) is 10.5 Å². The maximum Gasteiger partial charge on any atom is 0.130 e. The highest BCUT2D eigenvalue weighted by Gasteiger charge is 2.19. The van der Waals surface area contributed by atoms with Crippen molar-refractivity contribution in [1.29, 1.82) is 0 Å². The van der Waals surface area contributed by atoms with Gasteiger partial charge in [-0.1, -0.05) is 6.07 Å². The Kier molecular flexibility index (Phi) is 4.77. The van der Waals surface area contributed by atoms with Gasteiger partial charge in [-0.3, -0.25) is 0 Å². The zero-order valence-electron chi connectivity index (χ0n) is 11.7. The number of benzene rings is 1. The van der Waals surface area contributed by atoms with Crippen molar-refractivity contribution in [2.24, 2.45) is 11.7 Å². The predicted molar refractivity (Wildman–Crippen MR) is 75.8 cm³/mol. The summed E-state index contributed by atoms with van der Waals surface area (Å²) < 4.78 is 19.3. The van der Waals surface area contributed by atoms with Gasteiger partial charge < -0.3 is 15.4 Å². The van der Waals surface area contributed by atoms with Crippen LogP contribution in [0.4, 0.5) is 10.1 Å². The Morgan fingerprint density at radius 2 is 2.11 bits per heavy atom. The van der Waals surface area contributed by atoms with E-state index in [0.717, 1.165) is 38.3 Å². The number of ether oxygens (including phenoxy) is 1. The first-order valence-electron chi connectivity index (χ1n) is 6.92. The highest BCUT2D eigenvalue weighted by Crippen LogP contribution is 2.28. The van der Waals surface area contributed by atoms with Crippen LogP contribution in [0.1, 0.15) is 31.4 Å². The Bertz CT molecular complexity index is 417. The summed E-state index contributed by atoms with van der Waals surface area (Å²) in [4.78, 5) is 2.12. The van der Waals surface area contributed by atoms with Crippen molar-refractivity contribution in [2.75, 3.05) is 31.7 Å². The van der Waals surface area contributed by atoms with Crippen molar-refractivity contribution in [3.8, 4) is 0 Å². The molecule has 0 amide bonds. The van der Waals surface area contributed by atoms with Gasteiger partial charge in [0, 0.05) is 44.1 Å². The van der Waals surface area contributed by atoms with Crippen LogP contribution < -0.4 is 10.6 Å². The highest BCUT2D eigenvalue weighted by atomic mass is 19.1. The minimum absolute atomic E-state index is 0.216. The first kappa shape index (κ1) is 14.3. The molecule has 106 valence electrons. The van der Waals surface area contributed by atoms with Crippen molar-refractivity contribution >= 4 is 5.69 Å². The lowest BCUT2D eigenvalue weighted by Gasteiger charge is -2.30. The molecule has 2 N–H and O–H groups in total. The molecule has 2 rings (SSSR count). The van der Waals surface area contributed by atoms with Gasteiger partial charge in [0.2, 0.25) is 0 Å². The van der Waals surface area contributed by atoms with Crippen molar-refractivity contribution in [1.82, 2.24) is 0 Å². The number of nitrogens with two attached hydrogens (primary N) is 1. The molecule has 1 heterocycles. The van der Waals surface area contributed by atoms with Crippen LogP contribution in [0, 0.1) is 11.7 Å². The van der Waals surface area contributed by atoms with Gasteiger partial charge in [0.15, 0.2) is 0 Å². The Labute approximate surface area is 114 Å². The van der Waals surface area contributed by atoms with Gasteiger partial charge in [0.1, 0.15) is 5.82 Å². The number of rotatable bonds is 4. The number of halogens is 1. The fraction of sp³-hybridized carbons (Fsp3) is 0.600. The maximum absolute atomic E-state index is 13.9. The monoisotopic (exact) mass is 266 g/mol. The van der Waals surface area contributed by atoms with Crippen LogP contribution in [0.25, 0.3) is 0 Å². The third-order valence-corrected chi connectivity index (χ3v) is 3.77. The topological polar surface area (TPSA) is 38.5 Å². The summed E-state index contributed by atoms with van der Waals surface area (Å²) in [6.45, 7) is 4.42. The Morgan fingerprint density at radius 3 is 2.74 bits per heavy atom. The van der Waals surface area contributed by atoms with E-state index >= 15 is 0 Å². The van der Waals surface area contributed by atoms with Gasteiger partial charge in [-0.2, -0.15) is 0 Å². The van der Waals surface area contributed by atoms with E-state index in [1.54, 1.807) is 6.07 Å². The van der Waals surface area contributed by atoms with Gasteiger partial charge in [-0.15, -0.1) is 0 Å². The fourth-order valence-corrected chi connectivity index (χ4v) is 2.72. The molecule has 19 heavy (non-hydrogen) atoms. The van der Waals surface area contributed by atoms with Crippen LogP contribution in [0.15, 0.2) is 18.2 Å². The molecule has 1 unspecified atom stereocenters. The molecule has 1 saturated heterocycles. The molecule has 0 spiro atoms. The van der Waals surface area contributed by atoms with Gasteiger partial charge in [0.25, 0.3) is 0 Å². The number of nitrogens with zero attached hydrogens (tertiary/aromatic N) is 1. The van der Waals surface area contributed by atoms with Crippen molar-refractivity contribution in [2.45, 2.75) is 25.8 Å². The molecule has 3 nitrogen and oxygen atoms in total. The molecule has 1 aromatic rings. The third kappa shape index (κ3) is 3.45. The standard InChI is InChI=1S/C15H23FN2O/c1-11(17)15-13(16)4-3-5-14(15)18(2)10-12-6-8-19-9-7-12/h3-5,11-12H,6-10,17H2,1-2H3. The zero-order chi connectivity index (χ0) is 13.8. The van der Waals surface area contributed by atoms with E-state index in [9.17, 15) is 4.39 Å². The van der Waals surface area contributed by atoms with Gasteiger partial charge in [0.05, 0.1) is 0 Å². The normalized spacial score (nSPS) is 18.3. The van der Waals surface area contributed by atoms with E-state index in [2.05, 4.69) is 4.90 Å². The van der Waals surface area contributed by atoms with Crippen LogP contribution in [0.5, 0.6) is 0 Å². The van der Waals surface area contributed by atoms with E-state index in [-0.39, 0.29) is 11.9 Å². The lowest BCUT2D eigenvalue weighted by Crippen LogP contribution is -2.30. The Morgan fingerprint density at radius 1 is 1.42 bits per heavy atom. The third-order valence-electron chi connectivity index (χ3n) is 3.77. The predicted octanol–water partition coefficient (Wildman–Crippen LogP) is 2.71. The summed E-state index contributed by atoms with van der Waals surface area (Å²) in [5.74, 6) is 0.397. The highest BCUT2D eigenvalue weighted by molar-refractivity contribution is 5.55. The largest absolute Gasteiger partial charge is 0.381 e. The summed E-state index contributed by atoms with van der Waals surface area (Å²) in [6.07, 6.45) is 2.15. The second kappa shape index (κ2) is 6.35. The van der Waals surface area contributed by atoms with E-state index in [1.165, 1.54) is 6.07 Å². The Balaban J connectivity index is 2.13. The molecule has 0 radical (unpaired) electrons. The molecule has 1 aliphatic rings. The summed E-state index contributed by atoms with van der Waals surface area (Å²) in [7, 11) is 2.01. The first-order valence-corrected chi connectivity index (χ1v) is 6.92. The number of anilines is 1. The average molecular weight is 266 g/mol. The summed E-state index contributed by atoms with van der Waals surface area (Å²) in [5.41, 5.74) is 7.41. The molecule has 0 bridgehead atoms. The van der Waals surface area contributed by atoms with Gasteiger partial charge in [-0.25, -0.2) is 4.39 Å². The molecule has 0 aliphatic carbocycles. The lowest BCUT2D eigenvalue weighted by atomic mass is 9.98. The number of hydrogen-bond donors (Lipinski definition) is 1. The fourth-order valence-electron chi connectivity index (χ4n) is 2.72. The molecular weight excluding hydrogens is 243 g/mol. The van der Waals surface area contributed by atoms with Crippen molar-refractivity contribution in [3.63, 3.8) is 0 Å². The molecule has 1 aromatic carbocycles. The maximum atomic E-state index is 13.9. The molecule has 0 saturated carbocycles. The minimum atomic E-state index is -0.298. The van der Waals surface area contributed by atoms with Crippen LogP contribution in [0.3, 0.4) is 0 Å². The lowest BCUT2D eigenvalue weighted by molar-refractivity contribution is 0.0685.